The van der Waals surface area contributed by atoms with Crippen LogP contribution in [-0.2, 0) is 9.53 Å². The normalized spacial score (nSPS) is 27.2. The Kier molecular flexibility index (Phi) is 4.03. The summed E-state index contributed by atoms with van der Waals surface area (Å²) in [6, 6.07) is 6.54. The molecular weight excluding hydrogens is 297 g/mol. The van der Waals surface area contributed by atoms with Crippen LogP contribution in [0.5, 0.6) is 0 Å². The molecule has 0 aromatic heterocycles. The van der Waals surface area contributed by atoms with E-state index in [4.69, 9.17) is 4.74 Å². The Labute approximate surface area is 134 Å². The Balaban J connectivity index is 1.78. The fraction of sp³-hybridized carbons (Fsp3) is 0.333. The number of hydrogen-bond acceptors (Lipinski definition) is 3. The van der Waals surface area contributed by atoms with E-state index in [1.54, 1.807) is 0 Å². The number of rotatable bonds is 4. The standard InChI is InChI=1S/C18H18FNO3/c1-18-9-5-4-8-14(18)12-6-2-3-7-13(12)15(18)11-23-17(22)20-10-16(19)21/h2-9,14-15H,10-11H2,1H3,(H,20,22). The average molecular weight is 315 g/mol. The predicted molar refractivity (Wildman–Crippen MR) is 83.8 cm³/mol. The Hall–Kier alpha value is -2.43. The summed E-state index contributed by atoms with van der Waals surface area (Å²) >= 11 is 0. The van der Waals surface area contributed by atoms with Crippen LogP contribution in [0.15, 0.2) is 48.6 Å². The second kappa shape index (κ2) is 5.99. The van der Waals surface area contributed by atoms with E-state index in [9.17, 15) is 14.0 Å². The summed E-state index contributed by atoms with van der Waals surface area (Å²) < 4.78 is 17.4. The van der Waals surface area contributed by atoms with Gasteiger partial charge < -0.3 is 10.1 Å². The maximum atomic E-state index is 12.2. The molecule has 2 aliphatic rings. The molecule has 4 nitrogen and oxygen atoms in total. The molecule has 0 saturated carbocycles. The number of nitrogens with one attached hydrogen (secondary N) is 1. The first-order valence-corrected chi connectivity index (χ1v) is 7.56. The summed E-state index contributed by atoms with van der Waals surface area (Å²) in [4.78, 5) is 21.9. The van der Waals surface area contributed by atoms with Crippen molar-refractivity contribution in [3.05, 3.63) is 59.7 Å². The third kappa shape index (κ3) is 2.79. The van der Waals surface area contributed by atoms with Crippen LogP contribution in [0.1, 0.15) is 29.9 Å². The highest BCUT2D eigenvalue weighted by Crippen LogP contribution is 2.57. The van der Waals surface area contributed by atoms with Crippen molar-refractivity contribution >= 4 is 12.1 Å². The van der Waals surface area contributed by atoms with Gasteiger partial charge in [0.15, 0.2) is 0 Å². The number of ether oxygens (including phenoxy) is 1. The van der Waals surface area contributed by atoms with E-state index >= 15 is 0 Å². The van der Waals surface area contributed by atoms with Crippen molar-refractivity contribution in [3.63, 3.8) is 0 Å². The van der Waals surface area contributed by atoms with Crippen molar-refractivity contribution in [2.45, 2.75) is 18.8 Å². The fourth-order valence-electron chi connectivity index (χ4n) is 3.59. The molecule has 3 atom stereocenters. The molecular formula is C18H18FNO3. The van der Waals surface area contributed by atoms with E-state index in [2.05, 4.69) is 36.5 Å². The molecule has 0 radical (unpaired) electrons. The van der Waals surface area contributed by atoms with Crippen LogP contribution in [-0.4, -0.2) is 25.3 Å². The molecule has 2 aliphatic carbocycles. The molecule has 120 valence electrons. The molecule has 3 rings (SSSR count). The van der Waals surface area contributed by atoms with Crippen LogP contribution in [0.25, 0.3) is 0 Å². The van der Waals surface area contributed by atoms with Crippen molar-refractivity contribution in [1.29, 1.82) is 0 Å². The highest BCUT2D eigenvalue weighted by atomic mass is 19.1. The van der Waals surface area contributed by atoms with Gasteiger partial charge in [0.2, 0.25) is 0 Å². The highest BCUT2D eigenvalue weighted by molar-refractivity contribution is 5.77. The Morgan fingerprint density at radius 1 is 1.26 bits per heavy atom. The topological polar surface area (TPSA) is 55.4 Å². The lowest BCUT2D eigenvalue weighted by Crippen LogP contribution is -2.32. The molecule has 1 aromatic rings. The number of fused-ring (bicyclic) bond motifs is 3. The third-order valence-electron chi connectivity index (χ3n) is 4.75. The van der Waals surface area contributed by atoms with Crippen LogP contribution >= 0.6 is 0 Å². The van der Waals surface area contributed by atoms with Gasteiger partial charge in [-0.1, -0.05) is 55.5 Å². The second-order valence-electron chi connectivity index (χ2n) is 6.08. The summed E-state index contributed by atoms with van der Waals surface area (Å²) in [5.41, 5.74) is 2.23. The van der Waals surface area contributed by atoms with Crippen molar-refractivity contribution in [1.82, 2.24) is 5.32 Å². The van der Waals surface area contributed by atoms with Gasteiger partial charge >= 0.3 is 12.1 Å². The highest BCUT2D eigenvalue weighted by Gasteiger charge is 2.48. The van der Waals surface area contributed by atoms with Gasteiger partial charge in [-0.05, 0) is 11.1 Å². The van der Waals surface area contributed by atoms with Crippen LogP contribution in [0.3, 0.4) is 0 Å². The van der Waals surface area contributed by atoms with Crippen molar-refractivity contribution in [2.75, 3.05) is 13.2 Å². The van der Waals surface area contributed by atoms with Gasteiger partial charge in [-0.25, -0.2) is 4.79 Å². The van der Waals surface area contributed by atoms with E-state index in [1.165, 1.54) is 5.56 Å². The van der Waals surface area contributed by atoms with E-state index in [-0.39, 0.29) is 23.9 Å². The molecule has 0 bridgehead atoms. The SMILES string of the molecule is CC12C=CC=CC1c1ccccc1C2COC(=O)NCC(=O)F. The molecule has 0 saturated heterocycles. The van der Waals surface area contributed by atoms with Crippen molar-refractivity contribution < 1.29 is 18.7 Å². The molecule has 3 unspecified atom stereocenters. The smallest absolute Gasteiger partial charge is 0.407 e. The Morgan fingerprint density at radius 2 is 2.00 bits per heavy atom. The predicted octanol–water partition coefficient (Wildman–Crippen LogP) is 3.22. The quantitative estimate of drug-likeness (QED) is 0.868. The largest absolute Gasteiger partial charge is 0.449 e. The second-order valence-corrected chi connectivity index (χ2v) is 6.08. The Bertz CT molecular complexity index is 697. The number of amides is 1. The lowest BCUT2D eigenvalue weighted by molar-refractivity contribution is -0.128. The maximum absolute atomic E-state index is 12.2. The molecule has 5 heteroatoms. The minimum absolute atomic E-state index is 0.0109. The van der Waals surface area contributed by atoms with Crippen LogP contribution in [0, 0.1) is 5.41 Å². The molecule has 0 spiro atoms. The van der Waals surface area contributed by atoms with Gasteiger partial charge in [-0.15, -0.1) is 0 Å². The maximum Gasteiger partial charge on any atom is 0.407 e. The first-order valence-electron chi connectivity index (χ1n) is 7.56. The fourth-order valence-corrected chi connectivity index (χ4v) is 3.59. The number of hydrogen-bond donors (Lipinski definition) is 1. The van der Waals surface area contributed by atoms with E-state index in [0.717, 1.165) is 5.56 Å². The molecule has 23 heavy (non-hydrogen) atoms. The minimum Gasteiger partial charge on any atom is -0.449 e. The number of benzene rings is 1. The number of allylic oxidation sites excluding steroid dienone is 4. The van der Waals surface area contributed by atoms with Crippen LogP contribution in [0.4, 0.5) is 9.18 Å². The van der Waals surface area contributed by atoms with E-state index in [1.807, 2.05) is 24.3 Å². The summed E-state index contributed by atoms with van der Waals surface area (Å²) in [6.45, 7) is 1.66. The third-order valence-corrected chi connectivity index (χ3v) is 4.75. The Morgan fingerprint density at radius 3 is 2.74 bits per heavy atom. The molecule has 0 fully saturated rings. The zero-order chi connectivity index (χ0) is 16.4. The van der Waals surface area contributed by atoms with Gasteiger partial charge in [0, 0.05) is 17.3 Å². The van der Waals surface area contributed by atoms with Gasteiger partial charge in [0.05, 0.1) is 0 Å². The zero-order valence-corrected chi connectivity index (χ0v) is 12.8. The monoisotopic (exact) mass is 315 g/mol. The number of alkyl carbamates (subject to hydrolysis) is 1. The van der Waals surface area contributed by atoms with Gasteiger partial charge in [0.25, 0.3) is 0 Å². The van der Waals surface area contributed by atoms with E-state index < -0.39 is 18.7 Å². The number of carbonyl (C=O) groups is 2. The molecule has 0 heterocycles. The lowest BCUT2D eigenvalue weighted by atomic mass is 9.70. The van der Waals surface area contributed by atoms with E-state index in [0.29, 0.717) is 0 Å². The molecule has 1 aromatic carbocycles. The summed E-state index contributed by atoms with van der Waals surface area (Å²) in [6.07, 6.45) is 7.58. The molecule has 1 amide bonds. The summed E-state index contributed by atoms with van der Waals surface area (Å²) in [7, 11) is 0. The zero-order valence-electron chi connectivity index (χ0n) is 12.8. The minimum atomic E-state index is -1.60. The van der Waals surface area contributed by atoms with Gasteiger partial charge in [0.1, 0.15) is 13.2 Å². The van der Waals surface area contributed by atoms with Gasteiger partial charge in [-0.3, -0.25) is 4.79 Å². The van der Waals surface area contributed by atoms with Crippen LogP contribution in [0.2, 0.25) is 0 Å². The average Bonchev–Trinajstić information content (AvgIpc) is 2.79. The number of halogens is 1. The summed E-state index contributed by atoms with van der Waals surface area (Å²) in [5.74, 6) is 0.254. The first-order chi connectivity index (χ1) is 11.0. The molecule has 1 N–H and O–H groups in total. The van der Waals surface area contributed by atoms with Gasteiger partial charge in [-0.2, -0.15) is 4.39 Å². The van der Waals surface area contributed by atoms with Crippen molar-refractivity contribution in [3.8, 4) is 0 Å². The number of carbonyl (C=O) groups excluding carboxylic acids is 2. The molecule has 0 aliphatic heterocycles. The first kappa shape index (κ1) is 15.5. The van der Waals surface area contributed by atoms with Crippen molar-refractivity contribution in [2.24, 2.45) is 5.41 Å². The van der Waals surface area contributed by atoms with Crippen LogP contribution < -0.4 is 5.32 Å². The lowest BCUT2D eigenvalue weighted by Gasteiger charge is -2.34. The summed E-state index contributed by atoms with van der Waals surface area (Å²) in [5, 5.41) is 2.10.